The van der Waals surface area contributed by atoms with E-state index in [1.54, 1.807) is 12.1 Å². The van der Waals surface area contributed by atoms with Gasteiger partial charge in [0.2, 0.25) is 0 Å². The van der Waals surface area contributed by atoms with Crippen molar-refractivity contribution < 1.29 is 14.3 Å². The number of ether oxygens (including phenoxy) is 1. The Morgan fingerprint density at radius 2 is 1.55 bits per heavy atom. The quantitative estimate of drug-likeness (QED) is 0.230. The fourth-order valence-electron chi connectivity index (χ4n) is 3.74. The second-order valence-electron chi connectivity index (χ2n) is 7.12. The molecular formula is C26H22Cl2O3. The molecule has 0 aliphatic rings. The predicted molar refractivity (Wildman–Crippen MR) is 128 cm³/mol. The highest BCUT2D eigenvalue weighted by atomic mass is 35.5. The summed E-state index contributed by atoms with van der Waals surface area (Å²) in [6, 6.07) is 23.2. The van der Waals surface area contributed by atoms with Crippen LogP contribution >= 0.6 is 23.2 Å². The van der Waals surface area contributed by atoms with E-state index in [4.69, 9.17) is 32.4 Å². The Morgan fingerprint density at radius 1 is 0.903 bits per heavy atom. The van der Waals surface area contributed by atoms with E-state index < -0.39 is 0 Å². The molecule has 0 spiro atoms. The van der Waals surface area contributed by atoms with Gasteiger partial charge >= 0.3 is 0 Å². The van der Waals surface area contributed by atoms with E-state index in [-0.39, 0.29) is 5.75 Å². The lowest BCUT2D eigenvalue weighted by molar-refractivity contribution is 0.343. The van der Waals surface area contributed by atoms with E-state index >= 15 is 0 Å². The first-order chi connectivity index (χ1) is 15.1. The SMILES string of the molecule is CC/C(=C(/c1ccc(O)cc1)c1ccc(OCCCl)cc1)c1ccc2oc(Cl)cc2c1. The number of phenolic OH excluding ortho intramolecular Hbond substituents is 1. The first-order valence-electron chi connectivity index (χ1n) is 10.1. The molecule has 1 heterocycles. The molecule has 158 valence electrons. The molecule has 0 saturated carbocycles. The number of benzene rings is 3. The van der Waals surface area contributed by atoms with Crippen molar-refractivity contribution in [3.05, 3.63) is 94.7 Å². The topological polar surface area (TPSA) is 42.6 Å². The van der Waals surface area contributed by atoms with Crippen molar-refractivity contribution in [3.8, 4) is 11.5 Å². The highest BCUT2D eigenvalue weighted by molar-refractivity contribution is 6.29. The molecule has 0 aliphatic carbocycles. The fourth-order valence-corrected chi connectivity index (χ4v) is 4.02. The number of halogens is 2. The van der Waals surface area contributed by atoms with Gasteiger partial charge in [0.05, 0.1) is 5.88 Å². The van der Waals surface area contributed by atoms with Crippen LogP contribution < -0.4 is 4.74 Å². The third-order valence-corrected chi connectivity index (χ3v) is 5.48. The molecule has 0 radical (unpaired) electrons. The second-order valence-corrected chi connectivity index (χ2v) is 7.87. The lowest BCUT2D eigenvalue weighted by Gasteiger charge is -2.17. The number of allylic oxidation sites excluding steroid dienone is 1. The lowest BCUT2D eigenvalue weighted by atomic mass is 9.88. The fraction of sp³-hybridized carbons (Fsp3) is 0.154. The van der Waals surface area contributed by atoms with Gasteiger partial charge in [-0.15, -0.1) is 11.6 Å². The first kappa shape index (κ1) is 21.4. The summed E-state index contributed by atoms with van der Waals surface area (Å²) in [6.45, 7) is 2.61. The summed E-state index contributed by atoms with van der Waals surface area (Å²) in [6.07, 6.45) is 0.817. The summed E-state index contributed by atoms with van der Waals surface area (Å²) < 4.78 is 11.2. The van der Waals surface area contributed by atoms with E-state index in [9.17, 15) is 5.11 Å². The molecule has 31 heavy (non-hydrogen) atoms. The molecule has 5 heteroatoms. The zero-order chi connectivity index (χ0) is 21.8. The summed E-state index contributed by atoms with van der Waals surface area (Å²) in [5.41, 5.74) is 6.22. The highest BCUT2D eigenvalue weighted by Gasteiger charge is 2.15. The number of hydrogen-bond acceptors (Lipinski definition) is 3. The van der Waals surface area contributed by atoms with Crippen LogP contribution in [0.2, 0.25) is 5.22 Å². The normalized spacial score (nSPS) is 12.1. The summed E-state index contributed by atoms with van der Waals surface area (Å²) in [7, 11) is 0. The third-order valence-electron chi connectivity index (χ3n) is 5.13. The Labute approximate surface area is 191 Å². The number of aromatic hydroxyl groups is 1. The molecule has 1 N–H and O–H groups in total. The van der Waals surface area contributed by atoms with E-state index in [1.165, 1.54) is 5.57 Å². The third kappa shape index (κ3) is 4.73. The minimum atomic E-state index is 0.237. The Kier molecular flexibility index (Phi) is 6.55. The van der Waals surface area contributed by atoms with E-state index in [0.717, 1.165) is 45.4 Å². The van der Waals surface area contributed by atoms with Gasteiger partial charge in [-0.05, 0) is 82.3 Å². The van der Waals surface area contributed by atoms with Gasteiger partial charge in [0.25, 0.3) is 0 Å². The minimum Gasteiger partial charge on any atom is -0.508 e. The van der Waals surface area contributed by atoms with Crippen LogP contribution in [0.5, 0.6) is 11.5 Å². The number of hydrogen-bond donors (Lipinski definition) is 1. The van der Waals surface area contributed by atoms with Crippen LogP contribution in [0.15, 0.2) is 77.2 Å². The Bertz CT molecular complexity index is 1210. The van der Waals surface area contributed by atoms with Crippen molar-refractivity contribution in [3.63, 3.8) is 0 Å². The monoisotopic (exact) mass is 452 g/mol. The predicted octanol–water partition coefficient (Wildman–Crippen LogP) is 7.78. The van der Waals surface area contributed by atoms with Crippen molar-refractivity contribution in [2.24, 2.45) is 0 Å². The molecule has 0 atom stereocenters. The summed E-state index contributed by atoms with van der Waals surface area (Å²) in [4.78, 5) is 0. The largest absolute Gasteiger partial charge is 0.508 e. The summed E-state index contributed by atoms with van der Waals surface area (Å²) in [5, 5.41) is 11.1. The number of phenols is 1. The van der Waals surface area contributed by atoms with E-state index in [1.807, 2.05) is 36.4 Å². The number of rotatable bonds is 7. The smallest absolute Gasteiger partial charge is 0.194 e. The molecule has 0 bridgehead atoms. The van der Waals surface area contributed by atoms with Gasteiger partial charge in [-0.3, -0.25) is 0 Å². The Balaban J connectivity index is 1.88. The Morgan fingerprint density at radius 3 is 2.19 bits per heavy atom. The Hall–Kier alpha value is -2.88. The van der Waals surface area contributed by atoms with Gasteiger partial charge in [0, 0.05) is 11.5 Å². The first-order valence-corrected chi connectivity index (χ1v) is 11.0. The molecule has 0 fully saturated rings. The maximum atomic E-state index is 9.80. The van der Waals surface area contributed by atoms with Gasteiger partial charge in [-0.25, -0.2) is 0 Å². The highest BCUT2D eigenvalue weighted by Crippen LogP contribution is 2.37. The van der Waals surface area contributed by atoms with Crippen LogP contribution in [-0.4, -0.2) is 17.6 Å². The summed E-state index contributed by atoms with van der Waals surface area (Å²) in [5.74, 6) is 1.46. The maximum Gasteiger partial charge on any atom is 0.194 e. The molecule has 0 aliphatic heterocycles. The van der Waals surface area contributed by atoms with Crippen LogP contribution in [0.1, 0.15) is 30.0 Å². The minimum absolute atomic E-state index is 0.237. The zero-order valence-corrected chi connectivity index (χ0v) is 18.6. The van der Waals surface area contributed by atoms with Crippen molar-refractivity contribution in [2.45, 2.75) is 13.3 Å². The van der Waals surface area contributed by atoms with Crippen LogP contribution in [-0.2, 0) is 0 Å². The van der Waals surface area contributed by atoms with Gasteiger partial charge < -0.3 is 14.3 Å². The second kappa shape index (κ2) is 9.51. The van der Waals surface area contributed by atoms with Gasteiger partial charge in [0.15, 0.2) is 5.22 Å². The van der Waals surface area contributed by atoms with Crippen LogP contribution in [0, 0.1) is 0 Å². The maximum absolute atomic E-state index is 9.80. The molecule has 3 nitrogen and oxygen atoms in total. The van der Waals surface area contributed by atoms with Crippen LogP contribution in [0.4, 0.5) is 0 Å². The number of furan rings is 1. The molecular weight excluding hydrogens is 431 g/mol. The number of alkyl halides is 1. The lowest BCUT2D eigenvalue weighted by Crippen LogP contribution is -1.99. The summed E-state index contributed by atoms with van der Waals surface area (Å²) >= 11 is 11.8. The molecule has 3 aromatic carbocycles. The number of fused-ring (bicyclic) bond motifs is 1. The van der Waals surface area contributed by atoms with Gasteiger partial charge in [-0.2, -0.15) is 0 Å². The standard InChI is InChI=1S/C26H22Cl2O3/c1-2-23(19-7-12-24-20(15-19)16-25(28)31-24)26(17-3-8-21(29)9-4-17)18-5-10-22(11-6-18)30-14-13-27/h3-12,15-16,29H,2,13-14H2,1H3/b26-23+. The van der Waals surface area contributed by atoms with Crippen molar-refractivity contribution in [2.75, 3.05) is 12.5 Å². The van der Waals surface area contributed by atoms with Gasteiger partial charge in [-0.1, -0.05) is 37.3 Å². The van der Waals surface area contributed by atoms with Gasteiger partial charge in [0.1, 0.15) is 23.7 Å². The average Bonchev–Trinajstić information content (AvgIpc) is 3.16. The molecule has 4 rings (SSSR count). The zero-order valence-electron chi connectivity index (χ0n) is 17.1. The van der Waals surface area contributed by atoms with Crippen molar-refractivity contribution >= 4 is 45.3 Å². The van der Waals surface area contributed by atoms with Crippen LogP contribution in [0.25, 0.3) is 22.1 Å². The molecule has 0 unspecified atom stereocenters. The molecule has 0 amide bonds. The molecule has 1 aromatic heterocycles. The van der Waals surface area contributed by atoms with Crippen molar-refractivity contribution in [1.29, 1.82) is 0 Å². The van der Waals surface area contributed by atoms with E-state index in [0.29, 0.717) is 17.7 Å². The molecule has 4 aromatic rings. The van der Waals surface area contributed by atoms with E-state index in [2.05, 4.69) is 31.2 Å². The van der Waals surface area contributed by atoms with Crippen LogP contribution in [0.3, 0.4) is 0 Å². The van der Waals surface area contributed by atoms with Crippen molar-refractivity contribution in [1.82, 2.24) is 0 Å². The molecule has 0 saturated heterocycles. The average molecular weight is 453 g/mol.